The summed E-state index contributed by atoms with van der Waals surface area (Å²) in [5, 5.41) is 11.2. The molecule has 0 bridgehead atoms. The van der Waals surface area contributed by atoms with E-state index in [1.807, 2.05) is 19.9 Å². The van der Waals surface area contributed by atoms with E-state index in [0.29, 0.717) is 0 Å². The first kappa shape index (κ1) is 10.2. The fourth-order valence-electron chi connectivity index (χ4n) is 1.15. The first-order valence-corrected chi connectivity index (χ1v) is 4.49. The van der Waals surface area contributed by atoms with Crippen LogP contribution in [0.1, 0.15) is 13.8 Å². The number of nitro groups is 1. The number of hydrogen-bond acceptors (Lipinski definition) is 2. The molecule has 0 spiro atoms. The summed E-state index contributed by atoms with van der Waals surface area (Å²) in [5.74, 6) is 0. The lowest BCUT2D eigenvalue weighted by atomic mass is 10.2. The number of nitro benzene ring substituents is 1. The van der Waals surface area contributed by atoms with Crippen molar-refractivity contribution in [1.82, 2.24) is 4.98 Å². The third kappa shape index (κ3) is 1.90. The summed E-state index contributed by atoms with van der Waals surface area (Å²) in [6.07, 6.45) is 1.76. The van der Waals surface area contributed by atoms with Crippen molar-refractivity contribution in [2.45, 2.75) is 13.8 Å². The van der Waals surface area contributed by atoms with Gasteiger partial charge in [0.1, 0.15) is 0 Å². The highest BCUT2D eigenvalue weighted by Crippen LogP contribution is 2.18. The van der Waals surface area contributed by atoms with Gasteiger partial charge in [0.2, 0.25) is 0 Å². The lowest BCUT2D eigenvalue weighted by Gasteiger charge is -1.90. The first-order chi connectivity index (χ1) is 6.77. The predicted molar refractivity (Wildman–Crippen MR) is 56.3 cm³/mol. The molecule has 14 heavy (non-hydrogen) atoms. The summed E-state index contributed by atoms with van der Waals surface area (Å²) in [6.45, 7) is 4.00. The summed E-state index contributed by atoms with van der Waals surface area (Å²) in [4.78, 5) is 12.9. The molecule has 2 aromatic rings. The Morgan fingerprint density at radius 2 is 2.00 bits per heavy atom. The molecule has 0 saturated heterocycles. The number of nitrogens with zero attached hydrogens (tertiary/aromatic N) is 1. The average molecular weight is 192 g/mol. The molecule has 0 unspecified atom stereocenters. The van der Waals surface area contributed by atoms with Gasteiger partial charge in [-0.25, -0.2) is 0 Å². The molecule has 1 heterocycles. The van der Waals surface area contributed by atoms with Gasteiger partial charge in [0.25, 0.3) is 5.69 Å². The van der Waals surface area contributed by atoms with Crippen molar-refractivity contribution in [2.24, 2.45) is 0 Å². The Morgan fingerprint density at radius 3 is 2.64 bits per heavy atom. The summed E-state index contributed by atoms with van der Waals surface area (Å²) in [5.41, 5.74) is 1.04. The molecule has 0 aliphatic rings. The molecule has 0 radical (unpaired) electrons. The van der Waals surface area contributed by atoms with Gasteiger partial charge in [0.15, 0.2) is 0 Å². The van der Waals surface area contributed by atoms with Crippen molar-refractivity contribution >= 4 is 16.6 Å². The lowest BCUT2D eigenvalue weighted by Crippen LogP contribution is -1.86. The van der Waals surface area contributed by atoms with Crippen LogP contribution in [0, 0.1) is 10.1 Å². The van der Waals surface area contributed by atoms with Crippen LogP contribution in [0.3, 0.4) is 0 Å². The van der Waals surface area contributed by atoms with Gasteiger partial charge in [-0.05, 0) is 12.1 Å². The van der Waals surface area contributed by atoms with E-state index in [1.165, 1.54) is 6.07 Å². The Morgan fingerprint density at radius 1 is 1.29 bits per heavy atom. The first-order valence-electron chi connectivity index (χ1n) is 4.49. The van der Waals surface area contributed by atoms with Gasteiger partial charge < -0.3 is 4.98 Å². The van der Waals surface area contributed by atoms with Crippen LogP contribution in [0.4, 0.5) is 5.69 Å². The van der Waals surface area contributed by atoms with Crippen LogP contribution < -0.4 is 0 Å². The molecule has 4 nitrogen and oxygen atoms in total. The zero-order chi connectivity index (χ0) is 10.6. The normalized spacial score (nSPS) is 9.29. The molecule has 1 aromatic heterocycles. The summed E-state index contributed by atoms with van der Waals surface area (Å²) in [7, 11) is 0. The summed E-state index contributed by atoms with van der Waals surface area (Å²) in [6, 6.07) is 6.54. The Kier molecular flexibility index (Phi) is 3.23. The van der Waals surface area contributed by atoms with E-state index < -0.39 is 4.92 Å². The maximum Gasteiger partial charge on any atom is 0.270 e. The van der Waals surface area contributed by atoms with Crippen molar-refractivity contribution in [3.05, 3.63) is 40.6 Å². The third-order valence-electron chi connectivity index (χ3n) is 1.75. The monoisotopic (exact) mass is 192 g/mol. The topological polar surface area (TPSA) is 58.9 Å². The quantitative estimate of drug-likeness (QED) is 0.557. The van der Waals surface area contributed by atoms with E-state index in [2.05, 4.69) is 4.98 Å². The van der Waals surface area contributed by atoms with Gasteiger partial charge in [-0.2, -0.15) is 0 Å². The number of aromatic amines is 1. The van der Waals surface area contributed by atoms with E-state index in [0.717, 1.165) is 10.9 Å². The van der Waals surface area contributed by atoms with Gasteiger partial charge in [-0.3, -0.25) is 10.1 Å². The summed E-state index contributed by atoms with van der Waals surface area (Å²) < 4.78 is 0. The van der Waals surface area contributed by atoms with Crippen molar-refractivity contribution < 1.29 is 4.92 Å². The fourth-order valence-corrected chi connectivity index (χ4v) is 1.15. The van der Waals surface area contributed by atoms with Crippen LogP contribution in [0.25, 0.3) is 10.9 Å². The number of rotatable bonds is 1. The molecule has 1 aromatic carbocycles. The second kappa shape index (κ2) is 4.41. The number of H-pyrrole nitrogens is 1. The Bertz CT molecular complexity index is 434. The van der Waals surface area contributed by atoms with E-state index in [4.69, 9.17) is 0 Å². The number of fused-ring (bicyclic) bond motifs is 1. The second-order valence-electron chi connectivity index (χ2n) is 2.51. The largest absolute Gasteiger partial charge is 0.361 e. The van der Waals surface area contributed by atoms with E-state index in [9.17, 15) is 10.1 Å². The van der Waals surface area contributed by atoms with Crippen molar-refractivity contribution in [1.29, 1.82) is 0 Å². The zero-order valence-corrected chi connectivity index (χ0v) is 8.15. The number of benzene rings is 1. The third-order valence-corrected chi connectivity index (χ3v) is 1.75. The van der Waals surface area contributed by atoms with Crippen LogP contribution in [-0.4, -0.2) is 9.91 Å². The standard InChI is InChI=1S/C8H6N2O2.C2H6/c11-10(12)7-1-2-8-6(5-7)3-4-9-8;1-2/h1-5,9H;1-2H3. The second-order valence-corrected chi connectivity index (χ2v) is 2.51. The molecule has 0 aliphatic carbocycles. The summed E-state index contributed by atoms with van der Waals surface area (Å²) >= 11 is 0. The fraction of sp³-hybridized carbons (Fsp3) is 0.200. The minimum Gasteiger partial charge on any atom is -0.361 e. The molecule has 1 N–H and O–H groups in total. The smallest absolute Gasteiger partial charge is 0.270 e. The average Bonchev–Trinajstić information content (AvgIpc) is 2.67. The molecule has 0 fully saturated rings. The van der Waals surface area contributed by atoms with Crippen LogP contribution in [0.5, 0.6) is 0 Å². The number of non-ortho nitro benzene ring substituents is 1. The zero-order valence-electron chi connectivity index (χ0n) is 8.15. The minimum absolute atomic E-state index is 0.127. The Balaban J connectivity index is 0.000000461. The Hall–Kier alpha value is -1.84. The molecule has 0 amide bonds. The minimum atomic E-state index is -0.396. The van der Waals surface area contributed by atoms with Crippen molar-refractivity contribution in [3.8, 4) is 0 Å². The molecule has 74 valence electrons. The van der Waals surface area contributed by atoms with E-state index in [1.54, 1.807) is 18.3 Å². The molecule has 0 saturated carbocycles. The number of nitrogens with one attached hydrogen (secondary N) is 1. The van der Waals surface area contributed by atoms with Gasteiger partial charge in [-0.15, -0.1) is 0 Å². The number of aromatic nitrogens is 1. The van der Waals surface area contributed by atoms with E-state index in [-0.39, 0.29) is 5.69 Å². The molecular formula is C10H12N2O2. The van der Waals surface area contributed by atoms with Gasteiger partial charge in [-0.1, -0.05) is 13.8 Å². The van der Waals surface area contributed by atoms with Crippen molar-refractivity contribution in [3.63, 3.8) is 0 Å². The molecule has 0 aliphatic heterocycles. The highest BCUT2D eigenvalue weighted by Gasteiger charge is 2.05. The predicted octanol–water partition coefficient (Wildman–Crippen LogP) is 3.10. The van der Waals surface area contributed by atoms with Crippen LogP contribution in [0.2, 0.25) is 0 Å². The van der Waals surface area contributed by atoms with Crippen LogP contribution in [-0.2, 0) is 0 Å². The molecular weight excluding hydrogens is 180 g/mol. The number of hydrogen-bond donors (Lipinski definition) is 1. The van der Waals surface area contributed by atoms with Gasteiger partial charge in [0.05, 0.1) is 4.92 Å². The maximum absolute atomic E-state index is 10.4. The van der Waals surface area contributed by atoms with E-state index >= 15 is 0 Å². The molecule has 0 atom stereocenters. The van der Waals surface area contributed by atoms with Gasteiger partial charge >= 0.3 is 0 Å². The lowest BCUT2D eigenvalue weighted by molar-refractivity contribution is -0.384. The van der Waals surface area contributed by atoms with Gasteiger partial charge in [0, 0.05) is 29.2 Å². The van der Waals surface area contributed by atoms with Crippen LogP contribution >= 0.6 is 0 Å². The molecule has 2 rings (SSSR count). The molecule has 4 heteroatoms. The highest BCUT2D eigenvalue weighted by molar-refractivity contribution is 5.81. The highest BCUT2D eigenvalue weighted by atomic mass is 16.6. The maximum atomic E-state index is 10.4. The Labute approximate surface area is 81.7 Å². The van der Waals surface area contributed by atoms with Crippen molar-refractivity contribution in [2.75, 3.05) is 0 Å². The SMILES string of the molecule is CC.O=[N+]([O-])c1ccc2[nH]ccc2c1. The van der Waals surface area contributed by atoms with Crippen LogP contribution in [0.15, 0.2) is 30.5 Å².